The van der Waals surface area contributed by atoms with E-state index in [1.165, 1.54) is 19.3 Å². The van der Waals surface area contributed by atoms with Gasteiger partial charge in [0, 0.05) is 5.56 Å². The van der Waals surface area contributed by atoms with Crippen LogP contribution in [0.4, 0.5) is 0 Å². The number of ether oxygens (including phenoxy) is 1. The molecule has 0 aliphatic carbocycles. The van der Waals surface area contributed by atoms with Crippen molar-refractivity contribution in [2.24, 2.45) is 0 Å². The Hall–Kier alpha value is -0.870. The molecule has 1 aromatic rings. The third-order valence-corrected chi connectivity index (χ3v) is 3.99. The topological polar surface area (TPSA) is 29.5 Å². The molecule has 0 spiro atoms. The van der Waals surface area contributed by atoms with Gasteiger partial charge in [-0.2, -0.15) is 0 Å². The van der Waals surface area contributed by atoms with Crippen molar-refractivity contribution in [3.63, 3.8) is 0 Å². The Morgan fingerprint density at radius 2 is 2.05 bits per heavy atom. The maximum Gasteiger partial charge on any atom is 0.176 e. The van der Waals surface area contributed by atoms with Crippen LogP contribution in [0.25, 0.3) is 0 Å². The van der Waals surface area contributed by atoms with Crippen LogP contribution in [-0.2, 0) is 0 Å². The third-order valence-electron chi connectivity index (χ3n) is 3.37. The summed E-state index contributed by atoms with van der Waals surface area (Å²) in [6.45, 7) is 5.19. The van der Waals surface area contributed by atoms with Gasteiger partial charge in [0.1, 0.15) is 5.75 Å². The smallest absolute Gasteiger partial charge is 0.176 e. The third kappa shape index (κ3) is 4.05. The van der Waals surface area contributed by atoms with Gasteiger partial charge in [-0.15, -0.1) is 0 Å². The van der Waals surface area contributed by atoms with Crippen molar-refractivity contribution in [3.05, 3.63) is 28.2 Å². The van der Waals surface area contributed by atoms with Crippen molar-refractivity contribution in [2.45, 2.75) is 26.2 Å². The Labute approximate surface area is 123 Å². The van der Waals surface area contributed by atoms with Gasteiger partial charge in [0.25, 0.3) is 0 Å². The van der Waals surface area contributed by atoms with E-state index in [1.54, 1.807) is 0 Å². The number of halogens is 1. The van der Waals surface area contributed by atoms with Gasteiger partial charge < -0.3 is 4.74 Å². The lowest BCUT2D eigenvalue weighted by Gasteiger charge is -2.25. The highest BCUT2D eigenvalue weighted by Gasteiger charge is 2.16. The van der Waals surface area contributed by atoms with Crippen LogP contribution in [0, 0.1) is 0 Å². The van der Waals surface area contributed by atoms with Gasteiger partial charge in [-0.25, -0.2) is 0 Å². The summed E-state index contributed by atoms with van der Waals surface area (Å²) in [7, 11) is 0. The van der Waals surface area contributed by atoms with Gasteiger partial charge in [0.2, 0.25) is 0 Å². The second-order valence-corrected chi connectivity index (χ2v) is 5.69. The lowest BCUT2D eigenvalue weighted by Crippen LogP contribution is -2.34. The number of carbonyl (C=O) groups is 1. The molecule has 1 fully saturated rings. The maximum atomic E-state index is 12.2. The molecule has 104 valence electrons. The van der Waals surface area contributed by atoms with Crippen molar-refractivity contribution in [1.82, 2.24) is 4.90 Å². The quantitative estimate of drug-likeness (QED) is 0.776. The van der Waals surface area contributed by atoms with Crippen LogP contribution in [0.1, 0.15) is 36.5 Å². The summed E-state index contributed by atoms with van der Waals surface area (Å²) in [5.74, 6) is 0.975. The molecule has 3 nitrogen and oxygen atoms in total. The van der Waals surface area contributed by atoms with E-state index in [1.807, 2.05) is 25.1 Å². The molecule has 0 amide bonds. The Bertz CT molecular complexity index is 442. The SMILES string of the molecule is CCOc1ccc(C(=O)CN2CCCCC2)cc1Br. The number of hydrogen-bond donors (Lipinski definition) is 0. The van der Waals surface area contributed by atoms with Crippen LogP contribution in [0.3, 0.4) is 0 Å². The molecule has 0 saturated carbocycles. The monoisotopic (exact) mass is 325 g/mol. The van der Waals surface area contributed by atoms with Gasteiger partial charge in [0.05, 0.1) is 17.6 Å². The van der Waals surface area contributed by atoms with Gasteiger partial charge in [-0.1, -0.05) is 6.42 Å². The van der Waals surface area contributed by atoms with Crippen molar-refractivity contribution in [1.29, 1.82) is 0 Å². The van der Waals surface area contributed by atoms with Gasteiger partial charge in [-0.05, 0) is 67.0 Å². The number of carbonyl (C=O) groups excluding carboxylic acids is 1. The second kappa shape index (κ2) is 7.06. The summed E-state index contributed by atoms with van der Waals surface area (Å²) in [5.41, 5.74) is 0.751. The molecule has 0 atom stereocenters. The van der Waals surface area contributed by atoms with Crippen LogP contribution in [0.15, 0.2) is 22.7 Å². The molecule has 0 bridgehead atoms. The summed E-state index contributed by atoms with van der Waals surface area (Å²) < 4.78 is 6.30. The van der Waals surface area contributed by atoms with E-state index in [4.69, 9.17) is 4.74 Å². The summed E-state index contributed by atoms with van der Waals surface area (Å²) in [6, 6.07) is 5.57. The average molecular weight is 326 g/mol. The number of likely N-dealkylation sites (tertiary alicyclic amines) is 1. The van der Waals surface area contributed by atoms with Gasteiger partial charge in [-0.3, -0.25) is 9.69 Å². The normalized spacial score (nSPS) is 16.3. The molecular formula is C15H20BrNO2. The molecule has 1 saturated heterocycles. The number of nitrogens with zero attached hydrogens (tertiary/aromatic N) is 1. The largest absolute Gasteiger partial charge is 0.493 e. The van der Waals surface area contributed by atoms with E-state index in [-0.39, 0.29) is 5.78 Å². The van der Waals surface area contributed by atoms with Crippen LogP contribution in [-0.4, -0.2) is 36.9 Å². The molecule has 0 aromatic heterocycles. The van der Waals surface area contributed by atoms with Crippen LogP contribution in [0.2, 0.25) is 0 Å². The zero-order valence-corrected chi connectivity index (χ0v) is 12.9. The summed E-state index contributed by atoms with van der Waals surface area (Å²) in [6.07, 6.45) is 3.71. The van der Waals surface area contributed by atoms with Gasteiger partial charge in [0.15, 0.2) is 5.78 Å². The number of piperidine rings is 1. The van der Waals surface area contributed by atoms with E-state index < -0.39 is 0 Å². The van der Waals surface area contributed by atoms with Crippen molar-refractivity contribution in [3.8, 4) is 5.75 Å². The molecular weight excluding hydrogens is 306 g/mol. The Kier molecular flexibility index (Phi) is 5.40. The summed E-state index contributed by atoms with van der Waals surface area (Å²) >= 11 is 3.45. The molecule has 0 unspecified atom stereocenters. The first-order valence-electron chi connectivity index (χ1n) is 6.88. The molecule has 0 N–H and O–H groups in total. The van der Waals surface area contributed by atoms with E-state index in [0.29, 0.717) is 13.2 Å². The Balaban J connectivity index is 2.00. The fraction of sp³-hybridized carbons (Fsp3) is 0.533. The standard InChI is InChI=1S/C15H20BrNO2/c1-2-19-15-7-6-12(10-13(15)16)14(18)11-17-8-4-3-5-9-17/h6-7,10H,2-5,8-9,11H2,1H3. The molecule has 0 radical (unpaired) electrons. The molecule has 19 heavy (non-hydrogen) atoms. The minimum absolute atomic E-state index is 0.186. The highest BCUT2D eigenvalue weighted by Crippen LogP contribution is 2.26. The number of ketones is 1. The fourth-order valence-electron chi connectivity index (χ4n) is 2.36. The highest BCUT2D eigenvalue weighted by atomic mass is 79.9. The van der Waals surface area contributed by atoms with E-state index >= 15 is 0 Å². The molecule has 1 heterocycles. The van der Waals surface area contributed by atoms with Crippen LogP contribution in [0.5, 0.6) is 5.75 Å². The Morgan fingerprint density at radius 3 is 2.68 bits per heavy atom. The number of hydrogen-bond acceptors (Lipinski definition) is 3. The second-order valence-electron chi connectivity index (χ2n) is 4.84. The number of Topliss-reactive ketones (excluding diaryl/α,β-unsaturated/α-hetero) is 1. The molecule has 4 heteroatoms. The average Bonchev–Trinajstić information content (AvgIpc) is 2.42. The van der Waals surface area contributed by atoms with E-state index in [9.17, 15) is 4.79 Å². The highest BCUT2D eigenvalue weighted by molar-refractivity contribution is 9.10. The predicted octanol–water partition coefficient (Wildman–Crippen LogP) is 3.52. The first-order chi connectivity index (χ1) is 9.20. The first-order valence-corrected chi connectivity index (χ1v) is 7.68. The number of rotatable bonds is 5. The minimum Gasteiger partial charge on any atom is -0.493 e. The summed E-state index contributed by atoms with van der Waals surface area (Å²) in [5, 5.41) is 0. The summed E-state index contributed by atoms with van der Waals surface area (Å²) in [4.78, 5) is 14.5. The first kappa shape index (κ1) is 14.5. The molecule has 2 rings (SSSR count). The van der Waals surface area contributed by atoms with Crippen LogP contribution < -0.4 is 4.74 Å². The maximum absolute atomic E-state index is 12.2. The lowest BCUT2D eigenvalue weighted by molar-refractivity contribution is 0.0915. The van der Waals surface area contributed by atoms with Crippen molar-refractivity contribution < 1.29 is 9.53 Å². The van der Waals surface area contributed by atoms with Gasteiger partial charge >= 0.3 is 0 Å². The van der Waals surface area contributed by atoms with E-state index in [0.717, 1.165) is 28.9 Å². The minimum atomic E-state index is 0.186. The number of benzene rings is 1. The molecule has 1 aromatic carbocycles. The van der Waals surface area contributed by atoms with Crippen molar-refractivity contribution in [2.75, 3.05) is 26.2 Å². The zero-order chi connectivity index (χ0) is 13.7. The fourth-order valence-corrected chi connectivity index (χ4v) is 2.85. The molecule has 1 aliphatic rings. The zero-order valence-electron chi connectivity index (χ0n) is 11.3. The Morgan fingerprint density at radius 1 is 1.32 bits per heavy atom. The van der Waals surface area contributed by atoms with Crippen molar-refractivity contribution >= 4 is 21.7 Å². The van der Waals surface area contributed by atoms with E-state index in [2.05, 4.69) is 20.8 Å². The predicted molar refractivity (Wildman–Crippen MR) is 79.9 cm³/mol. The lowest BCUT2D eigenvalue weighted by atomic mass is 10.1. The van der Waals surface area contributed by atoms with Crippen LogP contribution >= 0.6 is 15.9 Å². The molecule has 1 aliphatic heterocycles.